The van der Waals surface area contributed by atoms with Gasteiger partial charge in [0.25, 0.3) is 0 Å². The van der Waals surface area contributed by atoms with E-state index in [9.17, 15) is 5.11 Å². The molecule has 3 heteroatoms. The maximum atomic E-state index is 10.2. The Bertz CT molecular complexity index is 430. The lowest BCUT2D eigenvalue weighted by atomic mass is 9.87. The molecule has 112 valence electrons. The molecular weight excluding hydrogens is 266 g/mol. The molecule has 2 nitrogen and oxygen atoms in total. The van der Waals surface area contributed by atoms with E-state index in [1.165, 1.54) is 48.4 Å². The molecule has 0 amide bonds. The fourth-order valence-electron chi connectivity index (χ4n) is 4.01. The van der Waals surface area contributed by atoms with Crippen molar-refractivity contribution >= 4 is 11.3 Å². The highest BCUT2D eigenvalue weighted by Gasteiger charge is 2.36. The first-order valence-electron chi connectivity index (χ1n) is 8.27. The first-order valence-corrected chi connectivity index (χ1v) is 9.09. The molecule has 3 unspecified atom stereocenters. The van der Waals surface area contributed by atoms with Gasteiger partial charge in [0, 0.05) is 28.3 Å². The van der Waals surface area contributed by atoms with E-state index in [2.05, 4.69) is 24.0 Å². The standard InChI is InChI=1S/C17H27NOS/c1-2-13-9-10-14(20-13)12-18-11-4-3-7-16(18)15-6-5-8-17(15)19/h9-10,15-17,19H,2-8,11-12H2,1H3. The third kappa shape index (κ3) is 3.10. The topological polar surface area (TPSA) is 23.5 Å². The first kappa shape index (κ1) is 14.6. The molecule has 2 aliphatic rings. The molecule has 2 fully saturated rings. The summed E-state index contributed by atoms with van der Waals surface area (Å²) in [6.45, 7) is 4.54. The van der Waals surface area contributed by atoms with Gasteiger partial charge in [-0.25, -0.2) is 0 Å². The number of hydrogen-bond acceptors (Lipinski definition) is 3. The summed E-state index contributed by atoms with van der Waals surface area (Å²) in [6.07, 6.45) is 8.52. The van der Waals surface area contributed by atoms with Crippen LogP contribution in [0.4, 0.5) is 0 Å². The molecule has 3 atom stereocenters. The fraction of sp³-hybridized carbons (Fsp3) is 0.765. The molecule has 3 rings (SSSR count). The van der Waals surface area contributed by atoms with Gasteiger partial charge in [-0.1, -0.05) is 19.8 Å². The molecule has 0 spiro atoms. The second kappa shape index (κ2) is 6.59. The third-order valence-electron chi connectivity index (χ3n) is 5.11. The average molecular weight is 293 g/mol. The molecule has 0 radical (unpaired) electrons. The van der Waals surface area contributed by atoms with Gasteiger partial charge < -0.3 is 5.11 Å². The SMILES string of the molecule is CCc1ccc(CN2CCCCC2C2CCCC2O)s1. The molecule has 1 aliphatic carbocycles. The Kier molecular flexibility index (Phi) is 4.79. The van der Waals surface area contributed by atoms with Crippen molar-refractivity contribution in [2.24, 2.45) is 5.92 Å². The van der Waals surface area contributed by atoms with Crippen LogP contribution in [0.2, 0.25) is 0 Å². The van der Waals surface area contributed by atoms with Crippen LogP contribution in [0.1, 0.15) is 55.2 Å². The van der Waals surface area contributed by atoms with Crippen molar-refractivity contribution < 1.29 is 5.11 Å². The van der Waals surface area contributed by atoms with E-state index in [-0.39, 0.29) is 6.10 Å². The molecule has 1 N–H and O–H groups in total. The van der Waals surface area contributed by atoms with Crippen LogP contribution < -0.4 is 0 Å². The molecular formula is C17H27NOS. The molecule has 2 heterocycles. The minimum atomic E-state index is -0.0462. The van der Waals surface area contributed by atoms with Gasteiger partial charge in [0.2, 0.25) is 0 Å². The number of piperidine rings is 1. The van der Waals surface area contributed by atoms with Gasteiger partial charge in [-0.05, 0) is 50.8 Å². The Morgan fingerprint density at radius 1 is 1.15 bits per heavy atom. The second-order valence-electron chi connectivity index (χ2n) is 6.42. The van der Waals surface area contributed by atoms with Gasteiger partial charge in [0.1, 0.15) is 0 Å². The van der Waals surface area contributed by atoms with Crippen LogP contribution in [0.25, 0.3) is 0 Å². The number of aliphatic hydroxyl groups excluding tert-OH is 1. The normalized spacial score (nSPS) is 31.8. The highest BCUT2D eigenvalue weighted by atomic mass is 32.1. The molecule has 1 aromatic rings. The maximum absolute atomic E-state index is 10.2. The Morgan fingerprint density at radius 3 is 2.70 bits per heavy atom. The molecule has 1 saturated carbocycles. The van der Waals surface area contributed by atoms with Crippen LogP contribution in [-0.4, -0.2) is 28.7 Å². The zero-order valence-electron chi connectivity index (χ0n) is 12.6. The predicted molar refractivity (Wildman–Crippen MR) is 85.1 cm³/mol. The number of likely N-dealkylation sites (tertiary alicyclic amines) is 1. The smallest absolute Gasteiger partial charge is 0.0583 e. The second-order valence-corrected chi connectivity index (χ2v) is 7.67. The van der Waals surface area contributed by atoms with Crippen LogP contribution >= 0.6 is 11.3 Å². The highest BCUT2D eigenvalue weighted by molar-refractivity contribution is 7.11. The van der Waals surface area contributed by atoms with Gasteiger partial charge in [-0.2, -0.15) is 0 Å². The van der Waals surface area contributed by atoms with Crippen LogP contribution in [0.3, 0.4) is 0 Å². The van der Waals surface area contributed by atoms with Crippen molar-refractivity contribution in [2.75, 3.05) is 6.54 Å². The molecule has 0 aromatic carbocycles. The van der Waals surface area contributed by atoms with Crippen LogP contribution in [0.15, 0.2) is 12.1 Å². The summed E-state index contributed by atoms with van der Waals surface area (Å²) in [6, 6.07) is 5.21. The highest BCUT2D eigenvalue weighted by Crippen LogP contribution is 2.36. The summed E-state index contributed by atoms with van der Waals surface area (Å²) < 4.78 is 0. The Labute approximate surface area is 126 Å². The molecule has 20 heavy (non-hydrogen) atoms. The summed E-state index contributed by atoms with van der Waals surface area (Å²) in [5, 5.41) is 10.2. The summed E-state index contributed by atoms with van der Waals surface area (Å²) in [4.78, 5) is 5.66. The summed E-state index contributed by atoms with van der Waals surface area (Å²) in [5.41, 5.74) is 0. The minimum Gasteiger partial charge on any atom is -0.393 e. The van der Waals surface area contributed by atoms with E-state index >= 15 is 0 Å². The lowest BCUT2D eigenvalue weighted by Crippen LogP contribution is -2.45. The van der Waals surface area contributed by atoms with Crippen molar-refractivity contribution in [3.8, 4) is 0 Å². The largest absolute Gasteiger partial charge is 0.393 e. The molecule has 1 saturated heterocycles. The summed E-state index contributed by atoms with van der Waals surface area (Å²) in [5.74, 6) is 0.529. The fourth-order valence-corrected chi connectivity index (χ4v) is 5.00. The quantitative estimate of drug-likeness (QED) is 0.912. The number of rotatable bonds is 4. The van der Waals surface area contributed by atoms with E-state index in [1.54, 1.807) is 0 Å². The van der Waals surface area contributed by atoms with Crippen LogP contribution in [-0.2, 0) is 13.0 Å². The Morgan fingerprint density at radius 2 is 2.00 bits per heavy atom. The van der Waals surface area contributed by atoms with Crippen molar-refractivity contribution in [1.82, 2.24) is 4.90 Å². The van der Waals surface area contributed by atoms with Gasteiger partial charge in [-0.3, -0.25) is 4.90 Å². The number of nitrogens with zero attached hydrogens (tertiary/aromatic N) is 1. The van der Waals surface area contributed by atoms with E-state index in [0.717, 1.165) is 19.4 Å². The minimum absolute atomic E-state index is 0.0462. The number of thiophene rings is 1. The van der Waals surface area contributed by atoms with Gasteiger partial charge in [-0.15, -0.1) is 11.3 Å². The van der Waals surface area contributed by atoms with E-state index in [1.807, 2.05) is 11.3 Å². The zero-order chi connectivity index (χ0) is 13.9. The van der Waals surface area contributed by atoms with E-state index in [4.69, 9.17) is 0 Å². The van der Waals surface area contributed by atoms with E-state index < -0.39 is 0 Å². The summed E-state index contributed by atoms with van der Waals surface area (Å²) in [7, 11) is 0. The van der Waals surface area contributed by atoms with Crippen LogP contribution in [0, 0.1) is 5.92 Å². The van der Waals surface area contributed by atoms with Gasteiger partial charge >= 0.3 is 0 Å². The van der Waals surface area contributed by atoms with E-state index in [0.29, 0.717) is 12.0 Å². The van der Waals surface area contributed by atoms with Crippen molar-refractivity contribution in [2.45, 2.75) is 70.6 Å². The number of aliphatic hydroxyl groups is 1. The average Bonchev–Trinajstić information content (AvgIpc) is 3.08. The summed E-state index contributed by atoms with van der Waals surface area (Å²) >= 11 is 1.97. The monoisotopic (exact) mass is 293 g/mol. The molecule has 1 aliphatic heterocycles. The number of hydrogen-bond donors (Lipinski definition) is 1. The lowest BCUT2D eigenvalue weighted by molar-refractivity contribution is 0.0318. The van der Waals surface area contributed by atoms with Crippen molar-refractivity contribution in [3.05, 3.63) is 21.9 Å². The Hall–Kier alpha value is -0.380. The zero-order valence-corrected chi connectivity index (χ0v) is 13.4. The first-order chi connectivity index (χ1) is 9.78. The molecule has 0 bridgehead atoms. The van der Waals surface area contributed by atoms with Crippen molar-refractivity contribution in [1.29, 1.82) is 0 Å². The van der Waals surface area contributed by atoms with Crippen LogP contribution in [0.5, 0.6) is 0 Å². The predicted octanol–water partition coefficient (Wildman–Crippen LogP) is 3.83. The van der Waals surface area contributed by atoms with Crippen molar-refractivity contribution in [3.63, 3.8) is 0 Å². The maximum Gasteiger partial charge on any atom is 0.0583 e. The van der Waals surface area contributed by atoms with Gasteiger partial charge in [0.15, 0.2) is 0 Å². The molecule has 1 aromatic heterocycles. The Balaban J connectivity index is 1.68. The van der Waals surface area contributed by atoms with Gasteiger partial charge in [0.05, 0.1) is 6.10 Å². The third-order valence-corrected chi connectivity index (χ3v) is 6.33. The lowest BCUT2D eigenvalue weighted by Gasteiger charge is -2.40. The number of aryl methyl sites for hydroxylation is 1.